The van der Waals surface area contributed by atoms with Crippen molar-refractivity contribution in [2.24, 2.45) is 17.3 Å². The van der Waals surface area contributed by atoms with Gasteiger partial charge in [-0.2, -0.15) is 0 Å². The summed E-state index contributed by atoms with van der Waals surface area (Å²) in [5.74, 6) is 1.10. The van der Waals surface area contributed by atoms with E-state index < -0.39 is 0 Å². The predicted octanol–water partition coefficient (Wildman–Crippen LogP) is 3.35. The van der Waals surface area contributed by atoms with Gasteiger partial charge in [-0.25, -0.2) is 0 Å². The third-order valence-corrected chi connectivity index (χ3v) is 4.11. The van der Waals surface area contributed by atoms with Gasteiger partial charge < -0.3 is 5.32 Å². The molecule has 2 nitrogen and oxygen atoms in total. The van der Waals surface area contributed by atoms with Crippen molar-refractivity contribution in [2.75, 3.05) is 11.9 Å². The van der Waals surface area contributed by atoms with Gasteiger partial charge in [0, 0.05) is 17.8 Å². The fourth-order valence-electron chi connectivity index (χ4n) is 2.34. The Balaban J connectivity index is 2.34. The summed E-state index contributed by atoms with van der Waals surface area (Å²) in [5.41, 5.74) is 0.195. The highest BCUT2D eigenvalue weighted by molar-refractivity contribution is 9.09. The number of carbonyl (C=O) groups is 1. The van der Waals surface area contributed by atoms with Gasteiger partial charge in [0.1, 0.15) is 0 Å². The van der Waals surface area contributed by atoms with Crippen LogP contribution in [-0.2, 0) is 4.79 Å². The molecule has 2 atom stereocenters. The molecular formula is C13H24BrNO. The molecular weight excluding hydrogens is 266 g/mol. The molecule has 1 rings (SSSR count). The molecule has 1 aliphatic rings. The number of amides is 1. The normalized spacial score (nSPS) is 25.8. The molecule has 94 valence electrons. The Kier molecular flexibility index (Phi) is 5.29. The average Bonchev–Trinajstić information content (AvgIpc) is 2.61. The maximum absolute atomic E-state index is 12.0. The van der Waals surface area contributed by atoms with Crippen LogP contribution < -0.4 is 5.32 Å². The zero-order chi connectivity index (χ0) is 12.2. The summed E-state index contributed by atoms with van der Waals surface area (Å²) in [4.78, 5) is 12.0. The molecule has 1 N–H and O–H groups in total. The number of alkyl halides is 1. The number of rotatable bonds is 5. The van der Waals surface area contributed by atoms with Crippen LogP contribution >= 0.6 is 15.9 Å². The van der Waals surface area contributed by atoms with E-state index in [4.69, 9.17) is 0 Å². The molecule has 0 radical (unpaired) electrons. The minimum Gasteiger partial charge on any atom is -0.355 e. The molecule has 1 aliphatic carbocycles. The Morgan fingerprint density at radius 1 is 1.44 bits per heavy atom. The summed E-state index contributed by atoms with van der Waals surface area (Å²) < 4.78 is 0. The van der Waals surface area contributed by atoms with Crippen LogP contribution in [0.1, 0.15) is 46.5 Å². The smallest absolute Gasteiger partial charge is 0.223 e. The average molecular weight is 290 g/mol. The highest BCUT2D eigenvalue weighted by Crippen LogP contribution is 2.31. The van der Waals surface area contributed by atoms with E-state index in [1.165, 1.54) is 12.8 Å². The zero-order valence-corrected chi connectivity index (χ0v) is 12.3. The maximum Gasteiger partial charge on any atom is 0.223 e. The molecule has 16 heavy (non-hydrogen) atoms. The molecule has 0 bridgehead atoms. The van der Waals surface area contributed by atoms with Crippen LogP contribution in [-0.4, -0.2) is 17.8 Å². The van der Waals surface area contributed by atoms with E-state index in [1.54, 1.807) is 0 Å². The molecule has 0 aliphatic heterocycles. The van der Waals surface area contributed by atoms with Crippen molar-refractivity contribution in [1.29, 1.82) is 0 Å². The zero-order valence-electron chi connectivity index (χ0n) is 10.7. The second-order valence-electron chi connectivity index (χ2n) is 5.84. The van der Waals surface area contributed by atoms with Crippen LogP contribution in [0.4, 0.5) is 0 Å². The summed E-state index contributed by atoms with van der Waals surface area (Å²) in [6, 6.07) is 0. The Morgan fingerprint density at radius 3 is 2.62 bits per heavy atom. The van der Waals surface area contributed by atoms with Crippen LogP contribution in [0.5, 0.6) is 0 Å². The lowest BCUT2D eigenvalue weighted by atomic mass is 9.89. The van der Waals surface area contributed by atoms with Gasteiger partial charge in [0.15, 0.2) is 0 Å². The Morgan fingerprint density at radius 2 is 2.12 bits per heavy atom. The fourth-order valence-corrected chi connectivity index (χ4v) is 3.41. The van der Waals surface area contributed by atoms with E-state index in [-0.39, 0.29) is 17.2 Å². The lowest BCUT2D eigenvalue weighted by Gasteiger charge is -2.25. The molecule has 1 fully saturated rings. The fraction of sp³-hybridized carbons (Fsp3) is 0.923. The van der Waals surface area contributed by atoms with Crippen LogP contribution in [0.25, 0.3) is 0 Å². The molecule has 1 amide bonds. The second-order valence-corrected chi connectivity index (χ2v) is 6.63. The molecule has 0 aromatic carbocycles. The Hall–Kier alpha value is -0.0500. The van der Waals surface area contributed by atoms with E-state index in [2.05, 4.69) is 42.0 Å². The molecule has 3 heteroatoms. The number of halogens is 1. The molecule has 0 aromatic rings. The molecule has 0 aromatic heterocycles. The van der Waals surface area contributed by atoms with E-state index in [1.807, 2.05) is 0 Å². The van der Waals surface area contributed by atoms with Gasteiger partial charge in [-0.3, -0.25) is 4.79 Å². The van der Waals surface area contributed by atoms with Crippen molar-refractivity contribution >= 4 is 21.8 Å². The summed E-state index contributed by atoms with van der Waals surface area (Å²) in [6.45, 7) is 7.39. The lowest BCUT2D eigenvalue weighted by Crippen LogP contribution is -2.38. The Labute approximate surface area is 108 Å². The van der Waals surface area contributed by atoms with Gasteiger partial charge in [-0.05, 0) is 30.6 Å². The monoisotopic (exact) mass is 289 g/mol. The van der Waals surface area contributed by atoms with Gasteiger partial charge in [-0.15, -0.1) is 0 Å². The summed E-state index contributed by atoms with van der Waals surface area (Å²) in [7, 11) is 0. The van der Waals surface area contributed by atoms with Crippen molar-refractivity contribution < 1.29 is 4.79 Å². The lowest BCUT2D eigenvalue weighted by molar-refractivity contribution is -0.126. The van der Waals surface area contributed by atoms with Gasteiger partial charge in [0.25, 0.3) is 0 Å². The van der Waals surface area contributed by atoms with E-state index in [9.17, 15) is 4.79 Å². The van der Waals surface area contributed by atoms with Crippen LogP contribution in [0.2, 0.25) is 0 Å². The first-order chi connectivity index (χ1) is 7.46. The Bertz CT molecular complexity index is 240. The highest BCUT2D eigenvalue weighted by Gasteiger charge is 2.30. The molecule has 0 saturated heterocycles. The minimum absolute atomic E-state index is 0.195. The highest BCUT2D eigenvalue weighted by atomic mass is 79.9. The van der Waals surface area contributed by atoms with Crippen molar-refractivity contribution in [2.45, 2.75) is 46.5 Å². The topological polar surface area (TPSA) is 29.1 Å². The first kappa shape index (κ1) is 14.0. The number of hydrogen-bond donors (Lipinski definition) is 1. The van der Waals surface area contributed by atoms with E-state index in [0.29, 0.717) is 5.92 Å². The first-order valence-corrected chi connectivity index (χ1v) is 7.42. The molecule has 0 spiro atoms. The van der Waals surface area contributed by atoms with Crippen molar-refractivity contribution in [3.63, 3.8) is 0 Å². The number of hydrogen-bond acceptors (Lipinski definition) is 1. The van der Waals surface area contributed by atoms with Crippen LogP contribution in [0.3, 0.4) is 0 Å². The quantitative estimate of drug-likeness (QED) is 0.773. The van der Waals surface area contributed by atoms with Gasteiger partial charge >= 0.3 is 0 Å². The number of nitrogens with one attached hydrogen (secondary N) is 1. The standard InChI is InChI=1S/C13H24BrNO/c1-10-5-4-6-11(10)12(16)15-9-13(2,3)7-8-14/h10-11H,4-9H2,1-3H3,(H,15,16). The maximum atomic E-state index is 12.0. The SMILES string of the molecule is CC1CCCC1C(=O)NCC(C)(C)CCBr. The molecule has 1 saturated carbocycles. The van der Waals surface area contributed by atoms with Gasteiger partial charge in [0.05, 0.1) is 0 Å². The van der Waals surface area contributed by atoms with E-state index >= 15 is 0 Å². The first-order valence-electron chi connectivity index (χ1n) is 6.30. The third kappa shape index (κ3) is 4.08. The van der Waals surface area contributed by atoms with Crippen molar-refractivity contribution in [1.82, 2.24) is 5.32 Å². The second kappa shape index (κ2) is 6.04. The molecule has 2 unspecified atom stereocenters. The van der Waals surface area contributed by atoms with Crippen molar-refractivity contribution in [3.05, 3.63) is 0 Å². The summed E-state index contributed by atoms with van der Waals surface area (Å²) in [6.07, 6.45) is 4.59. The van der Waals surface area contributed by atoms with Crippen molar-refractivity contribution in [3.8, 4) is 0 Å². The summed E-state index contributed by atoms with van der Waals surface area (Å²) >= 11 is 3.46. The number of carbonyl (C=O) groups excluding carboxylic acids is 1. The molecule has 0 heterocycles. The van der Waals surface area contributed by atoms with E-state index in [0.717, 1.165) is 24.7 Å². The largest absolute Gasteiger partial charge is 0.355 e. The van der Waals surface area contributed by atoms with Gasteiger partial charge in [-0.1, -0.05) is 43.1 Å². The van der Waals surface area contributed by atoms with Gasteiger partial charge in [0.2, 0.25) is 5.91 Å². The predicted molar refractivity (Wildman–Crippen MR) is 71.7 cm³/mol. The van der Waals surface area contributed by atoms with Crippen LogP contribution in [0, 0.1) is 17.3 Å². The minimum atomic E-state index is 0.195. The summed E-state index contributed by atoms with van der Waals surface area (Å²) in [5, 5.41) is 4.12. The van der Waals surface area contributed by atoms with Crippen LogP contribution in [0.15, 0.2) is 0 Å². The third-order valence-electron chi connectivity index (χ3n) is 3.71.